The molecule has 0 aliphatic carbocycles. The molecule has 3 unspecified atom stereocenters. The lowest BCUT2D eigenvalue weighted by molar-refractivity contribution is -0.0477. The van der Waals surface area contributed by atoms with E-state index in [1.165, 1.54) is 5.56 Å². The molecule has 1 fully saturated rings. The number of piperidine rings is 1. The van der Waals surface area contributed by atoms with Gasteiger partial charge >= 0.3 is 0 Å². The van der Waals surface area contributed by atoms with E-state index in [2.05, 4.69) is 50.1 Å². The second-order valence-electron chi connectivity index (χ2n) is 5.34. The molecule has 1 aliphatic heterocycles. The molecule has 1 aromatic carbocycles. The van der Waals surface area contributed by atoms with Gasteiger partial charge in [-0.05, 0) is 31.9 Å². The maximum atomic E-state index is 6.07. The van der Waals surface area contributed by atoms with E-state index in [4.69, 9.17) is 4.74 Å². The summed E-state index contributed by atoms with van der Waals surface area (Å²) in [7, 11) is 2.20. The van der Waals surface area contributed by atoms with Gasteiger partial charge in [0.05, 0.1) is 12.7 Å². The molecule has 0 saturated carbocycles. The van der Waals surface area contributed by atoms with Gasteiger partial charge in [-0.25, -0.2) is 0 Å². The van der Waals surface area contributed by atoms with E-state index in [1.807, 2.05) is 6.07 Å². The maximum Gasteiger partial charge on any atom is 0.0720 e. The second kappa shape index (κ2) is 5.65. The van der Waals surface area contributed by atoms with Gasteiger partial charge in [-0.2, -0.15) is 0 Å². The highest BCUT2D eigenvalue weighted by molar-refractivity contribution is 5.13. The molecule has 94 valence electrons. The summed E-state index contributed by atoms with van der Waals surface area (Å²) in [6.07, 6.45) is 1.55. The summed E-state index contributed by atoms with van der Waals surface area (Å²) in [6.45, 7) is 6.45. The lowest BCUT2D eigenvalue weighted by atomic mass is 9.92. The van der Waals surface area contributed by atoms with Crippen LogP contribution in [0.15, 0.2) is 30.3 Å². The number of likely N-dealkylation sites (tertiary alicyclic amines) is 1. The largest absolute Gasteiger partial charge is 0.373 e. The molecule has 2 heteroatoms. The Hall–Kier alpha value is -0.860. The molecule has 0 aromatic heterocycles. The Morgan fingerprint density at radius 1 is 1.24 bits per heavy atom. The number of hydrogen-bond donors (Lipinski definition) is 0. The zero-order valence-corrected chi connectivity index (χ0v) is 11.1. The van der Waals surface area contributed by atoms with Gasteiger partial charge in [0.1, 0.15) is 0 Å². The van der Waals surface area contributed by atoms with Gasteiger partial charge in [0.2, 0.25) is 0 Å². The third-order valence-electron chi connectivity index (χ3n) is 3.84. The van der Waals surface area contributed by atoms with Crippen LogP contribution in [0.2, 0.25) is 0 Å². The molecule has 1 heterocycles. The van der Waals surface area contributed by atoms with E-state index >= 15 is 0 Å². The van der Waals surface area contributed by atoms with Crippen LogP contribution in [0.5, 0.6) is 0 Å². The second-order valence-corrected chi connectivity index (χ2v) is 5.34. The topological polar surface area (TPSA) is 12.5 Å². The Kier molecular flexibility index (Phi) is 4.19. The van der Waals surface area contributed by atoms with Crippen LogP contribution < -0.4 is 0 Å². The smallest absolute Gasteiger partial charge is 0.0720 e. The van der Waals surface area contributed by atoms with E-state index in [9.17, 15) is 0 Å². The van der Waals surface area contributed by atoms with Crippen LogP contribution in [0, 0.1) is 5.92 Å². The van der Waals surface area contributed by atoms with Gasteiger partial charge in [0.25, 0.3) is 0 Å². The van der Waals surface area contributed by atoms with E-state index in [0.717, 1.165) is 19.6 Å². The minimum Gasteiger partial charge on any atom is -0.373 e. The van der Waals surface area contributed by atoms with Crippen molar-refractivity contribution < 1.29 is 4.74 Å². The van der Waals surface area contributed by atoms with Gasteiger partial charge in [-0.1, -0.05) is 37.3 Å². The highest BCUT2D eigenvalue weighted by Crippen LogP contribution is 2.24. The summed E-state index contributed by atoms with van der Waals surface area (Å²) in [5, 5.41) is 0. The highest BCUT2D eigenvalue weighted by atomic mass is 16.5. The first-order valence-electron chi connectivity index (χ1n) is 6.52. The average molecular weight is 233 g/mol. The van der Waals surface area contributed by atoms with Crippen molar-refractivity contribution in [2.45, 2.75) is 39.0 Å². The summed E-state index contributed by atoms with van der Waals surface area (Å²) in [5.74, 6) is 0.625. The average Bonchev–Trinajstić information content (AvgIpc) is 2.33. The predicted octanol–water partition coefficient (Wildman–Crippen LogP) is 2.93. The van der Waals surface area contributed by atoms with Gasteiger partial charge in [-0.3, -0.25) is 0 Å². The zero-order valence-electron chi connectivity index (χ0n) is 11.1. The summed E-state index contributed by atoms with van der Waals surface area (Å²) >= 11 is 0. The number of rotatable bonds is 3. The standard InChI is InChI=1S/C15H23NO/c1-12-10-16(3)13(2)9-15(12)17-11-14-7-5-4-6-8-14/h4-8,12-13,15H,9-11H2,1-3H3. The number of ether oxygens (including phenoxy) is 1. The Balaban J connectivity index is 1.87. The van der Waals surface area contributed by atoms with Crippen molar-refractivity contribution in [3.8, 4) is 0 Å². The van der Waals surface area contributed by atoms with Crippen molar-refractivity contribution in [3.63, 3.8) is 0 Å². The van der Waals surface area contributed by atoms with Crippen LogP contribution in [0.4, 0.5) is 0 Å². The minimum atomic E-state index is 0.404. The summed E-state index contributed by atoms with van der Waals surface area (Å²) in [6, 6.07) is 11.1. The van der Waals surface area contributed by atoms with Crippen molar-refractivity contribution >= 4 is 0 Å². The van der Waals surface area contributed by atoms with E-state index in [0.29, 0.717) is 18.1 Å². The fourth-order valence-corrected chi connectivity index (χ4v) is 2.51. The Labute approximate surface area is 105 Å². The first-order valence-corrected chi connectivity index (χ1v) is 6.52. The molecule has 0 bridgehead atoms. The summed E-state index contributed by atoms with van der Waals surface area (Å²) < 4.78 is 6.07. The molecule has 1 saturated heterocycles. The molecule has 0 spiro atoms. The van der Waals surface area contributed by atoms with Crippen molar-refractivity contribution in [3.05, 3.63) is 35.9 Å². The first kappa shape index (κ1) is 12.6. The Bertz CT molecular complexity index is 338. The lowest BCUT2D eigenvalue weighted by Gasteiger charge is -2.39. The number of benzene rings is 1. The van der Waals surface area contributed by atoms with E-state index in [1.54, 1.807) is 0 Å². The monoisotopic (exact) mass is 233 g/mol. The molecule has 0 radical (unpaired) electrons. The third kappa shape index (κ3) is 3.30. The van der Waals surface area contributed by atoms with Gasteiger partial charge in [-0.15, -0.1) is 0 Å². The van der Waals surface area contributed by atoms with Crippen LogP contribution in [0.3, 0.4) is 0 Å². The van der Waals surface area contributed by atoms with Crippen LogP contribution in [0.25, 0.3) is 0 Å². The van der Waals surface area contributed by atoms with Crippen LogP contribution >= 0.6 is 0 Å². The quantitative estimate of drug-likeness (QED) is 0.796. The molecular formula is C15H23NO. The first-order chi connectivity index (χ1) is 8.16. The molecule has 2 nitrogen and oxygen atoms in total. The molecular weight excluding hydrogens is 210 g/mol. The van der Waals surface area contributed by atoms with Crippen LogP contribution in [0.1, 0.15) is 25.8 Å². The predicted molar refractivity (Wildman–Crippen MR) is 70.9 cm³/mol. The summed E-state index contributed by atoms with van der Waals surface area (Å²) in [5.41, 5.74) is 1.27. The van der Waals surface area contributed by atoms with E-state index in [-0.39, 0.29) is 0 Å². The lowest BCUT2D eigenvalue weighted by Crippen LogP contribution is -2.46. The molecule has 1 aromatic rings. The van der Waals surface area contributed by atoms with Gasteiger partial charge < -0.3 is 9.64 Å². The van der Waals surface area contributed by atoms with E-state index < -0.39 is 0 Å². The Morgan fingerprint density at radius 3 is 2.65 bits per heavy atom. The Morgan fingerprint density at radius 2 is 1.94 bits per heavy atom. The zero-order chi connectivity index (χ0) is 12.3. The van der Waals surface area contributed by atoms with Crippen molar-refractivity contribution in [1.29, 1.82) is 0 Å². The normalized spacial score (nSPS) is 30.4. The van der Waals surface area contributed by atoms with Gasteiger partial charge in [0, 0.05) is 12.6 Å². The molecule has 3 atom stereocenters. The minimum absolute atomic E-state index is 0.404. The number of nitrogens with zero attached hydrogens (tertiary/aromatic N) is 1. The van der Waals surface area contributed by atoms with Gasteiger partial charge in [0.15, 0.2) is 0 Å². The SMILES string of the molecule is CC1CN(C)C(C)CC1OCc1ccccc1. The van der Waals surface area contributed by atoms with Crippen molar-refractivity contribution in [2.24, 2.45) is 5.92 Å². The van der Waals surface area contributed by atoms with Crippen LogP contribution in [-0.4, -0.2) is 30.6 Å². The van der Waals surface area contributed by atoms with Crippen LogP contribution in [-0.2, 0) is 11.3 Å². The van der Waals surface area contributed by atoms with Crippen molar-refractivity contribution in [1.82, 2.24) is 4.90 Å². The molecule has 0 N–H and O–H groups in total. The number of hydrogen-bond acceptors (Lipinski definition) is 2. The van der Waals surface area contributed by atoms with Crippen molar-refractivity contribution in [2.75, 3.05) is 13.6 Å². The molecule has 2 rings (SSSR count). The third-order valence-corrected chi connectivity index (χ3v) is 3.84. The molecule has 0 amide bonds. The maximum absolute atomic E-state index is 6.07. The molecule has 17 heavy (non-hydrogen) atoms. The highest BCUT2D eigenvalue weighted by Gasteiger charge is 2.29. The fourth-order valence-electron chi connectivity index (χ4n) is 2.51. The summed E-state index contributed by atoms with van der Waals surface area (Å²) in [4.78, 5) is 2.42. The fraction of sp³-hybridized carbons (Fsp3) is 0.600. The molecule has 1 aliphatic rings.